The van der Waals surface area contributed by atoms with E-state index in [0.29, 0.717) is 10.9 Å². The van der Waals surface area contributed by atoms with Gasteiger partial charge in [-0.3, -0.25) is 9.69 Å². The summed E-state index contributed by atoms with van der Waals surface area (Å²) in [5, 5.41) is 8.87. The van der Waals surface area contributed by atoms with E-state index in [2.05, 4.69) is 10.2 Å². The first-order valence-corrected chi connectivity index (χ1v) is 7.50. The van der Waals surface area contributed by atoms with Gasteiger partial charge in [0.2, 0.25) is 5.91 Å². The van der Waals surface area contributed by atoms with Crippen molar-refractivity contribution < 1.29 is 4.79 Å². The van der Waals surface area contributed by atoms with Crippen molar-refractivity contribution in [2.45, 2.75) is 0 Å². The van der Waals surface area contributed by atoms with Crippen molar-refractivity contribution in [2.24, 2.45) is 10.2 Å². The van der Waals surface area contributed by atoms with Gasteiger partial charge in [-0.15, -0.1) is 5.10 Å². The first-order valence-electron chi connectivity index (χ1n) is 6.51. The summed E-state index contributed by atoms with van der Waals surface area (Å²) in [6.07, 6.45) is 1.68. The zero-order chi connectivity index (χ0) is 14.5. The Bertz CT molecular complexity index is 683. The van der Waals surface area contributed by atoms with E-state index in [1.807, 2.05) is 60.7 Å². The summed E-state index contributed by atoms with van der Waals surface area (Å²) in [5.74, 6) is 0.425. The van der Waals surface area contributed by atoms with Gasteiger partial charge in [-0.05, 0) is 17.7 Å². The minimum absolute atomic E-state index is 0.0276. The molecule has 0 aliphatic carbocycles. The second kappa shape index (κ2) is 6.37. The molecule has 1 amide bonds. The van der Waals surface area contributed by atoms with Crippen molar-refractivity contribution in [1.29, 1.82) is 0 Å². The molecule has 0 bridgehead atoms. The second-order valence-corrected chi connectivity index (χ2v) is 5.33. The summed E-state index contributed by atoms with van der Waals surface area (Å²) in [5.41, 5.74) is 1.79. The van der Waals surface area contributed by atoms with E-state index in [1.165, 1.54) is 11.8 Å². The Morgan fingerprint density at radius 3 is 2.38 bits per heavy atom. The summed E-state index contributed by atoms with van der Waals surface area (Å²) < 4.78 is 0. The lowest BCUT2D eigenvalue weighted by molar-refractivity contribution is -0.115. The van der Waals surface area contributed by atoms with Crippen molar-refractivity contribution in [3.8, 4) is 0 Å². The lowest BCUT2D eigenvalue weighted by atomic mass is 10.2. The van der Waals surface area contributed by atoms with Crippen LogP contribution in [0.4, 0.5) is 5.69 Å². The Morgan fingerprint density at radius 1 is 1.00 bits per heavy atom. The van der Waals surface area contributed by atoms with Gasteiger partial charge in [-0.25, -0.2) is 0 Å². The molecule has 0 radical (unpaired) electrons. The maximum Gasteiger partial charge on any atom is 0.243 e. The largest absolute Gasteiger partial charge is 0.273 e. The molecule has 4 nitrogen and oxygen atoms in total. The third-order valence-corrected chi connectivity index (χ3v) is 3.84. The van der Waals surface area contributed by atoms with E-state index in [-0.39, 0.29) is 5.91 Å². The molecule has 5 heteroatoms. The first-order chi connectivity index (χ1) is 10.3. The number of para-hydroxylation sites is 1. The van der Waals surface area contributed by atoms with Gasteiger partial charge < -0.3 is 0 Å². The number of nitrogens with zero attached hydrogens (tertiary/aromatic N) is 3. The quantitative estimate of drug-likeness (QED) is 0.645. The molecule has 0 spiro atoms. The number of carbonyl (C=O) groups is 1. The minimum atomic E-state index is 0.0276. The van der Waals surface area contributed by atoms with Gasteiger partial charge in [0.1, 0.15) is 0 Å². The van der Waals surface area contributed by atoms with Crippen LogP contribution in [0.1, 0.15) is 5.56 Å². The predicted molar refractivity (Wildman–Crippen MR) is 87.9 cm³/mol. The molecule has 1 fully saturated rings. The van der Waals surface area contributed by atoms with Crippen molar-refractivity contribution in [1.82, 2.24) is 0 Å². The lowest BCUT2D eigenvalue weighted by Gasteiger charge is -2.14. The van der Waals surface area contributed by atoms with Crippen LogP contribution in [0.3, 0.4) is 0 Å². The fourth-order valence-corrected chi connectivity index (χ4v) is 2.77. The van der Waals surface area contributed by atoms with E-state index >= 15 is 0 Å². The van der Waals surface area contributed by atoms with Crippen LogP contribution in [-0.4, -0.2) is 23.0 Å². The van der Waals surface area contributed by atoms with E-state index in [0.717, 1.165) is 11.3 Å². The number of thioether (sulfide) groups is 1. The van der Waals surface area contributed by atoms with E-state index in [1.54, 1.807) is 11.1 Å². The SMILES string of the molecule is O=C1CS/C(=N/N=C/c2ccccc2)N1c1ccccc1. The summed E-state index contributed by atoms with van der Waals surface area (Å²) in [6.45, 7) is 0. The maximum atomic E-state index is 12.0. The topological polar surface area (TPSA) is 45.0 Å². The van der Waals surface area contributed by atoms with Gasteiger partial charge in [0.25, 0.3) is 0 Å². The van der Waals surface area contributed by atoms with E-state index < -0.39 is 0 Å². The molecule has 2 aromatic rings. The number of hydrogen-bond acceptors (Lipinski definition) is 4. The van der Waals surface area contributed by atoms with Crippen molar-refractivity contribution >= 4 is 34.7 Å². The Hall–Kier alpha value is -2.40. The Kier molecular flexibility index (Phi) is 4.12. The van der Waals surface area contributed by atoms with Crippen LogP contribution in [0.25, 0.3) is 0 Å². The Labute approximate surface area is 127 Å². The number of amidine groups is 1. The fraction of sp³-hybridized carbons (Fsp3) is 0.0625. The molecule has 0 saturated carbocycles. The van der Waals surface area contributed by atoms with Gasteiger partial charge in [0.05, 0.1) is 17.7 Å². The molecule has 1 aliphatic heterocycles. The molecule has 1 saturated heterocycles. The number of amides is 1. The zero-order valence-electron chi connectivity index (χ0n) is 11.2. The summed E-state index contributed by atoms with van der Waals surface area (Å²) in [6, 6.07) is 19.2. The number of rotatable bonds is 3. The Morgan fingerprint density at radius 2 is 1.67 bits per heavy atom. The van der Waals surface area contributed by atoms with E-state index in [9.17, 15) is 4.79 Å². The van der Waals surface area contributed by atoms with Crippen LogP contribution in [0, 0.1) is 0 Å². The molecule has 1 aliphatic rings. The highest BCUT2D eigenvalue weighted by atomic mass is 32.2. The molecule has 0 aromatic heterocycles. The van der Waals surface area contributed by atoms with Gasteiger partial charge in [-0.1, -0.05) is 60.3 Å². The molecule has 1 heterocycles. The van der Waals surface area contributed by atoms with Gasteiger partial charge in [0, 0.05) is 0 Å². The smallest absolute Gasteiger partial charge is 0.243 e. The zero-order valence-corrected chi connectivity index (χ0v) is 12.0. The van der Waals surface area contributed by atoms with Crippen LogP contribution >= 0.6 is 11.8 Å². The van der Waals surface area contributed by atoms with Crippen molar-refractivity contribution in [3.05, 3.63) is 66.2 Å². The third kappa shape index (κ3) is 3.20. The Balaban J connectivity index is 1.82. The molecule has 0 atom stereocenters. The highest BCUT2D eigenvalue weighted by Gasteiger charge is 2.29. The number of benzene rings is 2. The lowest BCUT2D eigenvalue weighted by Crippen LogP contribution is -2.28. The van der Waals surface area contributed by atoms with E-state index in [4.69, 9.17) is 0 Å². The molecule has 0 N–H and O–H groups in total. The molecule has 3 rings (SSSR count). The van der Waals surface area contributed by atoms with Gasteiger partial charge in [0.15, 0.2) is 5.17 Å². The summed E-state index contributed by atoms with van der Waals surface area (Å²) >= 11 is 1.40. The first kappa shape index (κ1) is 13.6. The third-order valence-electron chi connectivity index (χ3n) is 2.93. The molecule has 2 aromatic carbocycles. The van der Waals surface area contributed by atoms with Crippen molar-refractivity contribution in [3.63, 3.8) is 0 Å². The average molecular weight is 295 g/mol. The molecule has 21 heavy (non-hydrogen) atoms. The van der Waals surface area contributed by atoms with Gasteiger partial charge in [-0.2, -0.15) is 5.10 Å². The summed E-state index contributed by atoms with van der Waals surface area (Å²) in [7, 11) is 0. The molecule has 0 unspecified atom stereocenters. The summed E-state index contributed by atoms with van der Waals surface area (Å²) in [4.78, 5) is 13.6. The average Bonchev–Trinajstić information content (AvgIpc) is 2.90. The molecule has 104 valence electrons. The minimum Gasteiger partial charge on any atom is -0.273 e. The number of carbonyl (C=O) groups excluding carboxylic acids is 1. The predicted octanol–water partition coefficient (Wildman–Crippen LogP) is 3.16. The maximum absolute atomic E-state index is 12.0. The van der Waals surface area contributed by atoms with Crippen LogP contribution < -0.4 is 4.90 Å². The van der Waals surface area contributed by atoms with Crippen LogP contribution in [0.2, 0.25) is 0 Å². The monoisotopic (exact) mass is 295 g/mol. The highest BCUT2D eigenvalue weighted by molar-refractivity contribution is 8.15. The van der Waals surface area contributed by atoms with Crippen LogP contribution in [0.5, 0.6) is 0 Å². The van der Waals surface area contributed by atoms with Crippen molar-refractivity contribution in [2.75, 3.05) is 10.7 Å². The standard InChI is InChI=1S/C16H13N3OS/c20-15-12-21-16(19(15)14-9-5-2-6-10-14)18-17-11-13-7-3-1-4-8-13/h1-11H,12H2/b17-11+,18-16+. The van der Waals surface area contributed by atoms with Gasteiger partial charge >= 0.3 is 0 Å². The second-order valence-electron chi connectivity index (χ2n) is 4.39. The highest BCUT2D eigenvalue weighted by Crippen LogP contribution is 2.26. The number of hydrogen-bond donors (Lipinski definition) is 0. The van der Waals surface area contributed by atoms with Crippen LogP contribution in [-0.2, 0) is 4.79 Å². The normalized spacial score (nSPS) is 17.0. The number of anilines is 1. The van der Waals surface area contributed by atoms with Crippen LogP contribution in [0.15, 0.2) is 70.9 Å². The molecular weight excluding hydrogens is 282 g/mol. The fourth-order valence-electron chi connectivity index (χ4n) is 1.95. The molecular formula is C16H13N3OS.